The highest BCUT2D eigenvalue weighted by Gasteiger charge is 2.11. The molecule has 0 fully saturated rings. The summed E-state index contributed by atoms with van der Waals surface area (Å²) in [6, 6.07) is 0. The van der Waals surface area contributed by atoms with E-state index < -0.39 is 0 Å². The van der Waals surface area contributed by atoms with Crippen molar-refractivity contribution in [2.24, 2.45) is 10.3 Å². The number of aliphatic hydroxyl groups excluding tert-OH is 1. The van der Waals surface area contributed by atoms with Gasteiger partial charge >= 0.3 is 0 Å². The maximum absolute atomic E-state index is 9.35. The molecule has 6 nitrogen and oxygen atoms in total. The highest BCUT2D eigenvalue weighted by atomic mass is 16.6. The molecule has 0 saturated heterocycles. The summed E-state index contributed by atoms with van der Waals surface area (Å²) >= 11 is 0. The zero-order valence-corrected chi connectivity index (χ0v) is 40.0. The van der Waals surface area contributed by atoms with E-state index in [1.165, 1.54) is 231 Å². The molecule has 1 N–H and O–H groups in total. The van der Waals surface area contributed by atoms with Gasteiger partial charge in [-0.1, -0.05) is 192 Å². The van der Waals surface area contributed by atoms with Crippen LogP contribution in [0.4, 0.5) is 0 Å². The highest BCUT2D eigenvalue weighted by molar-refractivity contribution is 5.56. The first kappa shape index (κ1) is 56.9. The van der Waals surface area contributed by atoms with Crippen LogP contribution in [0.2, 0.25) is 0 Å². The van der Waals surface area contributed by atoms with Crippen molar-refractivity contribution in [2.45, 2.75) is 297 Å². The second-order valence-electron chi connectivity index (χ2n) is 17.9. The smallest absolute Gasteiger partial charge is 0.127 e. The predicted octanol–water partition coefficient (Wildman–Crippen LogP) is 16.7. The molecule has 0 atom stereocenters. The fraction of sp³-hybridized carbons (Fsp3) is 0.962. The molecule has 0 bridgehead atoms. The van der Waals surface area contributed by atoms with Crippen molar-refractivity contribution >= 4 is 12.4 Å². The average molecular weight is 820 g/mol. The monoisotopic (exact) mass is 820 g/mol. The Bertz CT molecular complexity index is 777. The summed E-state index contributed by atoms with van der Waals surface area (Å²) in [5.41, 5.74) is 0. The first-order valence-electron chi connectivity index (χ1n) is 26.4. The van der Waals surface area contributed by atoms with Gasteiger partial charge in [-0.05, 0) is 122 Å². The van der Waals surface area contributed by atoms with E-state index in [1.807, 2.05) is 12.4 Å². The molecule has 0 unspecified atom stereocenters. The summed E-state index contributed by atoms with van der Waals surface area (Å²) in [7, 11) is 0. The first-order valence-corrected chi connectivity index (χ1v) is 26.4. The lowest BCUT2D eigenvalue weighted by Crippen LogP contribution is -2.27. The molecule has 6 heteroatoms. The molecule has 0 rings (SSSR count). The van der Waals surface area contributed by atoms with Gasteiger partial charge in [0.1, 0.15) is 12.2 Å². The van der Waals surface area contributed by atoms with Crippen molar-refractivity contribution in [1.29, 1.82) is 0 Å². The van der Waals surface area contributed by atoms with Crippen LogP contribution in [0.15, 0.2) is 10.3 Å². The quantitative estimate of drug-likeness (QED) is 0.0377. The lowest BCUT2D eigenvalue weighted by Gasteiger charge is -2.22. The number of hydrogen-bond donors (Lipinski definition) is 1. The molecular formula is C52H105N3O3. The Balaban J connectivity index is 4.31. The largest absolute Gasteiger partial charge is 0.396 e. The molecule has 0 heterocycles. The van der Waals surface area contributed by atoms with Gasteiger partial charge < -0.3 is 19.7 Å². The minimum absolute atomic E-state index is 0.298. The minimum atomic E-state index is 0.298. The van der Waals surface area contributed by atoms with Crippen LogP contribution in [-0.4, -0.2) is 60.9 Å². The van der Waals surface area contributed by atoms with Gasteiger partial charge in [0, 0.05) is 19.0 Å². The predicted molar refractivity (Wildman–Crippen MR) is 258 cm³/mol. The van der Waals surface area contributed by atoms with E-state index in [4.69, 9.17) is 9.68 Å². The number of nitrogens with zero attached hydrogens (tertiary/aromatic N) is 3. The Morgan fingerprint density at radius 1 is 0.362 bits per heavy atom. The van der Waals surface area contributed by atoms with E-state index in [9.17, 15) is 5.11 Å². The Hall–Kier alpha value is -1.14. The molecule has 0 aromatic heterocycles. The lowest BCUT2D eigenvalue weighted by molar-refractivity contribution is 0.0436. The average Bonchev–Trinajstić information content (AvgIpc) is 3.23. The summed E-state index contributed by atoms with van der Waals surface area (Å²) in [5, 5.41) is 18.3. The molecule has 0 aromatic rings. The lowest BCUT2D eigenvalue weighted by atomic mass is 10.0. The molecule has 0 spiro atoms. The number of aliphatic hydroxyl groups is 1. The standard InChI is InChI=1S/C52H105N3O3/c1-5-9-13-17-23-31-41-51(42-32-24-18-14-10-6-2)57-53-45-35-27-21-22-29-37-47-55(49-39-40-50-56)48-38-30-28-36-46-54-58-52(43-33-25-19-15-11-7-3)44-34-26-20-16-12-8-4/h45-46,51-52,56H,5-44,47-50H2,1-4H3/b53-45+,54-46+. The summed E-state index contributed by atoms with van der Waals surface area (Å²) in [4.78, 5) is 14.8. The van der Waals surface area contributed by atoms with E-state index in [0.29, 0.717) is 18.8 Å². The first-order chi connectivity index (χ1) is 28.7. The Labute approximate surface area is 364 Å². The van der Waals surface area contributed by atoms with Crippen LogP contribution in [0.3, 0.4) is 0 Å². The van der Waals surface area contributed by atoms with Crippen LogP contribution >= 0.6 is 0 Å². The zero-order valence-electron chi connectivity index (χ0n) is 40.0. The number of rotatable bonds is 50. The van der Waals surface area contributed by atoms with Gasteiger partial charge in [-0.15, -0.1) is 0 Å². The van der Waals surface area contributed by atoms with Gasteiger partial charge in [0.15, 0.2) is 0 Å². The third-order valence-corrected chi connectivity index (χ3v) is 12.1. The van der Waals surface area contributed by atoms with E-state index in [0.717, 1.165) is 45.1 Å². The van der Waals surface area contributed by atoms with Crippen LogP contribution in [-0.2, 0) is 9.68 Å². The van der Waals surface area contributed by atoms with Gasteiger partial charge in [-0.25, -0.2) is 0 Å². The molecule has 0 aliphatic carbocycles. The van der Waals surface area contributed by atoms with Crippen molar-refractivity contribution in [3.63, 3.8) is 0 Å². The van der Waals surface area contributed by atoms with Gasteiger partial charge in [0.2, 0.25) is 0 Å². The van der Waals surface area contributed by atoms with E-state index in [2.05, 4.69) is 42.9 Å². The van der Waals surface area contributed by atoms with E-state index in [-0.39, 0.29) is 0 Å². The zero-order chi connectivity index (χ0) is 42.1. The van der Waals surface area contributed by atoms with Crippen molar-refractivity contribution in [3.8, 4) is 0 Å². The van der Waals surface area contributed by atoms with Crippen molar-refractivity contribution in [1.82, 2.24) is 4.90 Å². The Kier molecular flexibility index (Phi) is 49.2. The van der Waals surface area contributed by atoms with Gasteiger partial charge in [0.25, 0.3) is 0 Å². The topological polar surface area (TPSA) is 66.7 Å². The number of oxime groups is 2. The van der Waals surface area contributed by atoms with Gasteiger partial charge in [-0.3, -0.25) is 0 Å². The SMILES string of the molecule is CCCCCCCCC(CCCCCCCC)O/N=C/CCCCCCCN(CCCCO)CCCCC/C=N/OC(CCCCCCCC)CCCCCCCC. The van der Waals surface area contributed by atoms with Crippen LogP contribution in [0, 0.1) is 0 Å². The third kappa shape index (κ3) is 44.4. The van der Waals surface area contributed by atoms with Crippen LogP contribution in [0.1, 0.15) is 285 Å². The minimum Gasteiger partial charge on any atom is -0.396 e. The summed E-state index contributed by atoms with van der Waals surface area (Å²) in [5.74, 6) is 0. The number of unbranched alkanes of at least 4 members (excludes halogenated alkanes) is 29. The fourth-order valence-electron chi connectivity index (χ4n) is 8.10. The number of hydrogen-bond acceptors (Lipinski definition) is 6. The van der Waals surface area contributed by atoms with Gasteiger partial charge in [0.05, 0.1) is 0 Å². The third-order valence-electron chi connectivity index (χ3n) is 12.1. The fourth-order valence-corrected chi connectivity index (χ4v) is 8.10. The Morgan fingerprint density at radius 3 is 0.983 bits per heavy atom. The second kappa shape index (κ2) is 50.2. The van der Waals surface area contributed by atoms with Crippen molar-refractivity contribution < 1.29 is 14.8 Å². The highest BCUT2D eigenvalue weighted by Crippen LogP contribution is 2.19. The van der Waals surface area contributed by atoms with Crippen molar-refractivity contribution in [3.05, 3.63) is 0 Å². The molecule has 0 aliphatic rings. The van der Waals surface area contributed by atoms with E-state index >= 15 is 0 Å². The molecule has 0 aromatic carbocycles. The van der Waals surface area contributed by atoms with Crippen LogP contribution < -0.4 is 0 Å². The van der Waals surface area contributed by atoms with Crippen LogP contribution in [0.5, 0.6) is 0 Å². The normalized spacial score (nSPS) is 12.1. The van der Waals surface area contributed by atoms with Crippen molar-refractivity contribution in [2.75, 3.05) is 26.2 Å². The molecule has 0 amide bonds. The molecule has 0 aliphatic heterocycles. The van der Waals surface area contributed by atoms with Crippen LogP contribution in [0.25, 0.3) is 0 Å². The molecular weight excluding hydrogens is 715 g/mol. The summed E-state index contributed by atoms with van der Waals surface area (Å²) in [6.45, 7) is 12.9. The molecule has 0 saturated carbocycles. The van der Waals surface area contributed by atoms with E-state index in [1.54, 1.807) is 0 Å². The maximum atomic E-state index is 9.35. The maximum Gasteiger partial charge on any atom is 0.127 e. The summed E-state index contributed by atoms with van der Waals surface area (Å²) < 4.78 is 0. The van der Waals surface area contributed by atoms with Gasteiger partial charge in [-0.2, -0.15) is 0 Å². The summed E-state index contributed by atoms with van der Waals surface area (Å²) in [6.07, 6.45) is 55.6. The molecule has 346 valence electrons. The molecule has 58 heavy (non-hydrogen) atoms. The Morgan fingerprint density at radius 2 is 0.638 bits per heavy atom. The second-order valence-corrected chi connectivity index (χ2v) is 17.9. The molecule has 0 radical (unpaired) electrons.